The molecule has 0 bridgehead atoms. The van der Waals surface area contributed by atoms with E-state index in [0.29, 0.717) is 0 Å². The number of carbonyl (C=O) groups excluding carboxylic acids is 1. The van der Waals surface area contributed by atoms with Crippen molar-refractivity contribution in [1.29, 1.82) is 0 Å². The van der Waals surface area contributed by atoms with E-state index in [1.54, 1.807) is 6.92 Å². The molecule has 2 rings (SSSR count). The molecule has 1 atom stereocenters. The predicted molar refractivity (Wildman–Crippen MR) is 81.2 cm³/mol. The van der Waals surface area contributed by atoms with Gasteiger partial charge in [0.25, 0.3) is 0 Å². The van der Waals surface area contributed by atoms with Crippen LogP contribution in [-0.2, 0) is 0 Å². The van der Waals surface area contributed by atoms with Crippen molar-refractivity contribution in [2.75, 3.05) is 29.9 Å². The molecule has 20 heavy (non-hydrogen) atoms. The first kappa shape index (κ1) is 14.7. The highest BCUT2D eigenvalue weighted by molar-refractivity contribution is 5.89. The summed E-state index contributed by atoms with van der Waals surface area (Å²) in [5.74, 6) is 0. The highest BCUT2D eigenvalue weighted by atomic mass is 16.3. The summed E-state index contributed by atoms with van der Waals surface area (Å²) in [5.41, 5.74) is 1.97. The monoisotopic (exact) mass is 277 g/mol. The van der Waals surface area contributed by atoms with E-state index in [4.69, 9.17) is 5.11 Å². The molecule has 1 heterocycles. The molecule has 1 unspecified atom stereocenters. The summed E-state index contributed by atoms with van der Waals surface area (Å²) < 4.78 is 0. The average molecular weight is 277 g/mol. The quantitative estimate of drug-likeness (QED) is 0.790. The second-order valence-corrected chi connectivity index (χ2v) is 5.28. The average Bonchev–Trinajstić information content (AvgIpc) is 2.48. The van der Waals surface area contributed by atoms with Gasteiger partial charge < -0.3 is 20.6 Å². The minimum Gasteiger partial charge on any atom is -0.394 e. The Labute approximate surface area is 120 Å². The van der Waals surface area contributed by atoms with Crippen LogP contribution in [0, 0.1) is 0 Å². The SMILES string of the molecule is CC(CO)NC(=O)Nc1ccc(N2CCCCC2)cc1. The Morgan fingerprint density at radius 2 is 1.90 bits per heavy atom. The van der Waals surface area contributed by atoms with E-state index >= 15 is 0 Å². The van der Waals surface area contributed by atoms with E-state index < -0.39 is 0 Å². The lowest BCUT2D eigenvalue weighted by molar-refractivity contribution is 0.229. The number of nitrogens with zero attached hydrogens (tertiary/aromatic N) is 1. The molecular weight excluding hydrogens is 254 g/mol. The maximum absolute atomic E-state index is 11.6. The number of hydrogen-bond donors (Lipinski definition) is 3. The van der Waals surface area contributed by atoms with Crippen LogP contribution < -0.4 is 15.5 Å². The van der Waals surface area contributed by atoms with E-state index in [0.717, 1.165) is 18.8 Å². The summed E-state index contributed by atoms with van der Waals surface area (Å²) >= 11 is 0. The summed E-state index contributed by atoms with van der Waals surface area (Å²) in [4.78, 5) is 14.0. The van der Waals surface area contributed by atoms with E-state index in [2.05, 4.69) is 15.5 Å². The number of amides is 2. The minimum absolute atomic E-state index is 0.0681. The van der Waals surface area contributed by atoms with Gasteiger partial charge in [0.2, 0.25) is 0 Å². The third-order valence-corrected chi connectivity index (χ3v) is 3.50. The molecule has 5 heteroatoms. The minimum atomic E-state index is -0.294. The van der Waals surface area contributed by atoms with Gasteiger partial charge in [0.15, 0.2) is 0 Å². The highest BCUT2D eigenvalue weighted by Crippen LogP contribution is 2.21. The van der Waals surface area contributed by atoms with Gasteiger partial charge in [0.05, 0.1) is 12.6 Å². The number of benzene rings is 1. The molecule has 1 aliphatic heterocycles. The number of aliphatic hydroxyl groups excluding tert-OH is 1. The van der Waals surface area contributed by atoms with Crippen LogP contribution in [-0.4, -0.2) is 36.9 Å². The number of urea groups is 1. The lowest BCUT2D eigenvalue weighted by Gasteiger charge is -2.28. The molecular formula is C15H23N3O2. The first-order valence-electron chi connectivity index (χ1n) is 7.22. The van der Waals surface area contributed by atoms with Gasteiger partial charge in [-0.25, -0.2) is 4.79 Å². The summed E-state index contributed by atoms with van der Waals surface area (Å²) in [6.07, 6.45) is 3.82. The van der Waals surface area contributed by atoms with Gasteiger partial charge in [-0.15, -0.1) is 0 Å². The fourth-order valence-electron chi connectivity index (χ4n) is 2.34. The molecule has 0 spiro atoms. The van der Waals surface area contributed by atoms with E-state index in [-0.39, 0.29) is 18.7 Å². The Balaban J connectivity index is 1.89. The van der Waals surface area contributed by atoms with Crippen LogP contribution in [0.4, 0.5) is 16.2 Å². The van der Waals surface area contributed by atoms with Crippen molar-refractivity contribution in [3.63, 3.8) is 0 Å². The van der Waals surface area contributed by atoms with Crippen LogP contribution >= 0.6 is 0 Å². The Hall–Kier alpha value is -1.75. The van der Waals surface area contributed by atoms with Crippen LogP contribution in [0.2, 0.25) is 0 Å². The number of rotatable bonds is 4. The molecule has 5 nitrogen and oxygen atoms in total. The van der Waals surface area contributed by atoms with Crippen molar-refractivity contribution in [3.8, 4) is 0 Å². The molecule has 0 saturated carbocycles. The maximum atomic E-state index is 11.6. The number of piperidine rings is 1. The van der Waals surface area contributed by atoms with Crippen molar-refractivity contribution >= 4 is 17.4 Å². The molecule has 1 aromatic rings. The second-order valence-electron chi connectivity index (χ2n) is 5.28. The maximum Gasteiger partial charge on any atom is 0.319 e. The molecule has 1 fully saturated rings. The van der Waals surface area contributed by atoms with Crippen molar-refractivity contribution in [2.45, 2.75) is 32.2 Å². The summed E-state index contributed by atoms with van der Waals surface area (Å²) in [7, 11) is 0. The van der Waals surface area contributed by atoms with Gasteiger partial charge in [0, 0.05) is 24.5 Å². The van der Waals surface area contributed by atoms with Gasteiger partial charge in [-0.3, -0.25) is 0 Å². The van der Waals surface area contributed by atoms with Crippen LogP contribution in [0.5, 0.6) is 0 Å². The van der Waals surface area contributed by atoms with Crippen LogP contribution in [0.3, 0.4) is 0 Å². The molecule has 1 aromatic carbocycles. The Morgan fingerprint density at radius 1 is 1.25 bits per heavy atom. The number of aliphatic hydroxyl groups is 1. The smallest absolute Gasteiger partial charge is 0.319 e. The molecule has 0 aliphatic carbocycles. The Kier molecular flexibility index (Phi) is 5.24. The van der Waals surface area contributed by atoms with Crippen LogP contribution in [0.1, 0.15) is 26.2 Å². The molecule has 0 radical (unpaired) electrons. The zero-order valence-corrected chi connectivity index (χ0v) is 11.9. The third kappa shape index (κ3) is 4.13. The van der Waals surface area contributed by atoms with Gasteiger partial charge in [-0.1, -0.05) is 0 Å². The first-order valence-corrected chi connectivity index (χ1v) is 7.22. The van der Waals surface area contributed by atoms with Gasteiger partial charge in [0.1, 0.15) is 0 Å². The van der Waals surface area contributed by atoms with Crippen LogP contribution in [0.15, 0.2) is 24.3 Å². The van der Waals surface area contributed by atoms with Crippen LogP contribution in [0.25, 0.3) is 0 Å². The number of hydrogen-bond acceptors (Lipinski definition) is 3. The lowest BCUT2D eigenvalue weighted by Crippen LogP contribution is -2.38. The molecule has 1 saturated heterocycles. The van der Waals surface area contributed by atoms with Crippen molar-refractivity contribution in [2.24, 2.45) is 0 Å². The largest absolute Gasteiger partial charge is 0.394 e. The number of nitrogens with one attached hydrogen (secondary N) is 2. The first-order chi connectivity index (χ1) is 9.69. The Bertz CT molecular complexity index is 427. The van der Waals surface area contributed by atoms with E-state index in [1.165, 1.54) is 24.9 Å². The standard InChI is InChI=1S/C15H23N3O2/c1-12(11-19)16-15(20)17-13-5-7-14(8-6-13)18-9-3-2-4-10-18/h5-8,12,19H,2-4,9-11H2,1H3,(H2,16,17,20). The second kappa shape index (κ2) is 7.14. The topological polar surface area (TPSA) is 64.6 Å². The fourth-order valence-corrected chi connectivity index (χ4v) is 2.34. The van der Waals surface area contributed by atoms with Crippen molar-refractivity contribution in [1.82, 2.24) is 5.32 Å². The highest BCUT2D eigenvalue weighted by Gasteiger charge is 2.11. The molecule has 0 aromatic heterocycles. The van der Waals surface area contributed by atoms with Gasteiger partial charge in [-0.2, -0.15) is 0 Å². The molecule has 110 valence electrons. The van der Waals surface area contributed by atoms with Crippen molar-refractivity contribution in [3.05, 3.63) is 24.3 Å². The Morgan fingerprint density at radius 3 is 2.50 bits per heavy atom. The summed E-state index contributed by atoms with van der Waals surface area (Å²) in [6, 6.07) is 7.35. The number of carbonyl (C=O) groups is 1. The third-order valence-electron chi connectivity index (χ3n) is 3.50. The summed E-state index contributed by atoms with van der Waals surface area (Å²) in [6.45, 7) is 3.91. The molecule has 3 N–H and O–H groups in total. The summed E-state index contributed by atoms with van der Waals surface area (Å²) in [5, 5.41) is 14.3. The zero-order chi connectivity index (χ0) is 14.4. The number of anilines is 2. The van der Waals surface area contributed by atoms with E-state index in [1.807, 2.05) is 24.3 Å². The van der Waals surface area contributed by atoms with Gasteiger partial charge >= 0.3 is 6.03 Å². The fraction of sp³-hybridized carbons (Fsp3) is 0.533. The predicted octanol–water partition coefficient (Wildman–Crippen LogP) is 2.18. The van der Waals surface area contributed by atoms with Crippen molar-refractivity contribution < 1.29 is 9.90 Å². The molecule has 2 amide bonds. The zero-order valence-electron chi connectivity index (χ0n) is 11.9. The lowest BCUT2D eigenvalue weighted by atomic mass is 10.1. The molecule has 1 aliphatic rings. The van der Waals surface area contributed by atoms with Gasteiger partial charge in [-0.05, 0) is 50.5 Å². The normalized spacial score (nSPS) is 16.6. The van der Waals surface area contributed by atoms with E-state index in [9.17, 15) is 4.79 Å².